The first kappa shape index (κ1) is 22.9. The highest BCUT2D eigenvalue weighted by atomic mass is 16.6. The molecule has 7 nitrogen and oxygen atoms in total. The normalized spacial score (nSPS) is 16.2. The van der Waals surface area contributed by atoms with Gasteiger partial charge in [-0.05, 0) is 37.1 Å². The molecule has 29 heavy (non-hydrogen) atoms. The van der Waals surface area contributed by atoms with Crippen molar-refractivity contribution in [1.29, 1.82) is 0 Å². The third-order valence-corrected chi connectivity index (χ3v) is 5.01. The second kappa shape index (κ2) is 11.6. The number of Topliss-reactive ketones (excluding diaryl/α,β-unsaturated/α-hetero) is 1. The molecule has 1 fully saturated rings. The molecule has 0 unspecified atom stereocenters. The zero-order valence-electron chi connectivity index (χ0n) is 17.7. The Morgan fingerprint density at radius 1 is 1.21 bits per heavy atom. The van der Waals surface area contributed by atoms with Gasteiger partial charge in [0.15, 0.2) is 11.5 Å². The van der Waals surface area contributed by atoms with Crippen LogP contribution in [0.3, 0.4) is 0 Å². The van der Waals surface area contributed by atoms with E-state index in [0.717, 1.165) is 45.2 Å². The van der Waals surface area contributed by atoms with Gasteiger partial charge < -0.3 is 9.47 Å². The molecule has 0 amide bonds. The molecule has 0 aliphatic carbocycles. The van der Waals surface area contributed by atoms with Crippen LogP contribution in [0, 0.1) is 10.1 Å². The van der Waals surface area contributed by atoms with E-state index in [-0.39, 0.29) is 17.2 Å². The number of benzene rings is 1. The Labute approximate surface area is 172 Å². The Morgan fingerprint density at radius 2 is 2.00 bits per heavy atom. The van der Waals surface area contributed by atoms with Gasteiger partial charge in [-0.2, -0.15) is 0 Å². The number of likely N-dealkylation sites (tertiary alicyclic amines) is 1. The molecule has 0 aromatic heterocycles. The van der Waals surface area contributed by atoms with Crippen LogP contribution in [0.1, 0.15) is 57.9 Å². The summed E-state index contributed by atoms with van der Waals surface area (Å²) in [5.41, 5.74) is 1.11. The summed E-state index contributed by atoms with van der Waals surface area (Å²) >= 11 is 0. The van der Waals surface area contributed by atoms with Crippen molar-refractivity contribution in [2.24, 2.45) is 0 Å². The number of nitro groups is 1. The SMILES string of the molecule is CCCCCCOc1c(OC)cc(/C=C2\CN(CCC)CCC2=O)cc1[N+](=O)[O-]. The summed E-state index contributed by atoms with van der Waals surface area (Å²) in [6.45, 7) is 6.90. The lowest BCUT2D eigenvalue weighted by Gasteiger charge is -2.27. The van der Waals surface area contributed by atoms with Crippen LogP contribution >= 0.6 is 0 Å². The molecule has 0 spiro atoms. The number of carbonyl (C=O) groups excluding carboxylic acids is 1. The minimum Gasteiger partial charge on any atom is -0.493 e. The molecule has 1 aromatic carbocycles. The molecule has 0 bridgehead atoms. The number of hydrogen-bond acceptors (Lipinski definition) is 6. The summed E-state index contributed by atoms with van der Waals surface area (Å²) in [6.07, 6.45) is 7.31. The van der Waals surface area contributed by atoms with Crippen LogP contribution in [0.4, 0.5) is 5.69 Å². The predicted octanol–water partition coefficient (Wildman–Crippen LogP) is 4.63. The van der Waals surface area contributed by atoms with Gasteiger partial charge in [-0.15, -0.1) is 0 Å². The zero-order chi connectivity index (χ0) is 21.2. The lowest BCUT2D eigenvalue weighted by molar-refractivity contribution is -0.386. The number of methoxy groups -OCH3 is 1. The lowest BCUT2D eigenvalue weighted by Crippen LogP contribution is -2.36. The fraction of sp³-hybridized carbons (Fsp3) is 0.591. The molecule has 2 rings (SSSR count). The highest BCUT2D eigenvalue weighted by Crippen LogP contribution is 2.39. The number of ether oxygens (including phenoxy) is 2. The third kappa shape index (κ3) is 6.56. The number of carbonyl (C=O) groups is 1. The molecule has 0 atom stereocenters. The Hall–Kier alpha value is -2.41. The van der Waals surface area contributed by atoms with E-state index in [9.17, 15) is 14.9 Å². The highest BCUT2D eigenvalue weighted by Gasteiger charge is 2.24. The van der Waals surface area contributed by atoms with Crippen molar-refractivity contribution in [3.8, 4) is 11.5 Å². The minimum atomic E-state index is -0.460. The van der Waals surface area contributed by atoms with E-state index in [1.165, 1.54) is 13.2 Å². The van der Waals surface area contributed by atoms with Gasteiger partial charge in [-0.25, -0.2) is 0 Å². The summed E-state index contributed by atoms with van der Waals surface area (Å²) in [4.78, 5) is 25.7. The number of ketones is 1. The summed E-state index contributed by atoms with van der Waals surface area (Å²) in [7, 11) is 1.47. The molecule has 1 aliphatic rings. The maximum atomic E-state index is 12.3. The number of unbranched alkanes of at least 4 members (excludes halogenated alkanes) is 3. The van der Waals surface area contributed by atoms with Gasteiger partial charge in [0, 0.05) is 31.1 Å². The van der Waals surface area contributed by atoms with Crippen LogP contribution < -0.4 is 9.47 Å². The summed E-state index contributed by atoms with van der Waals surface area (Å²) in [5.74, 6) is 0.559. The molecule has 7 heteroatoms. The smallest absolute Gasteiger partial charge is 0.315 e. The average molecular weight is 405 g/mol. The highest BCUT2D eigenvalue weighted by molar-refractivity contribution is 6.00. The number of hydrogen-bond donors (Lipinski definition) is 0. The Kier molecular flexibility index (Phi) is 9.12. The van der Waals surface area contributed by atoms with E-state index in [0.29, 0.717) is 36.5 Å². The van der Waals surface area contributed by atoms with Gasteiger partial charge in [0.25, 0.3) is 0 Å². The van der Waals surface area contributed by atoms with E-state index in [1.54, 1.807) is 12.1 Å². The van der Waals surface area contributed by atoms with Crippen molar-refractivity contribution < 1.29 is 19.2 Å². The van der Waals surface area contributed by atoms with E-state index >= 15 is 0 Å². The summed E-state index contributed by atoms with van der Waals surface area (Å²) in [5, 5.41) is 11.6. The van der Waals surface area contributed by atoms with Crippen LogP contribution in [0.2, 0.25) is 0 Å². The van der Waals surface area contributed by atoms with Crippen molar-refractivity contribution >= 4 is 17.5 Å². The number of piperidine rings is 1. The van der Waals surface area contributed by atoms with Crippen molar-refractivity contribution in [3.63, 3.8) is 0 Å². The molecule has 160 valence electrons. The Bertz CT molecular complexity index is 745. The Balaban J connectivity index is 2.28. The molecular weight excluding hydrogens is 372 g/mol. The molecule has 0 radical (unpaired) electrons. The zero-order valence-corrected chi connectivity index (χ0v) is 17.7. The van der Waals surface area contributed by atoms with Crippen LogP contribution in [-0.4, -0.2) is 49.0 Å². The predicted molar refractivity (Wildman–Crippen MR) is 114 cm³/mol. The average Bonchev–Trinajstić information content (AvgIpc) is 2.70. The minimum absolute atomic E-state index is 0.0928. The maximum Gasteiger partial charge on any atom is 0.315 e. The van der Waals surface area contributed by atoms with Crippen LogP contribution in [-0.2, 0) is 4.79 Å². The number of rotatable bonds is 11. The monoisotopic (exact) mass is 404 g/mol. The van der Waals surface area contributed by atoms with Gasteiger partial charge in [0.05, 0.1) is 18.6 Å². The van der Waals surface area contributed by atoms with Gasteiger partial charge in [-0.3, -0.25) is 19.8 Å². The van der Waals surface area contributed by atoms with Gasteiger partial charge in [0.2, 0.25) is 5.75 Å². The molecule has 0 N–H and O–H groups in total. The molecule has 1 heterocycles. The van der Waals surface area contributed by atoms with Gasteiger partial charge in [-0.1, -0.05) is 33.1 Å². The molecular formula is C22H32N2O5. The van der Waals surface area contributed by atoms with E-state index in [1.807, 2.05) is 0 Å². The summed E-state index contributed by atoms with van der Waals surface area (Å²) < 4.78 is 11.1. The molecule has 0 saturated carbocycles. The molecule has 1 aliphatic heterocycles. The largest absolute Gasteiger partial charge is 0.493 e. The van der Waals surface area contributed by atoms with E-state index in [2.05, 4.69) is 18.7 Å². The second-order valence-electron chi connectivity index (χ2n) is 7.36. The fourth-order valence-electron chi connectivity index (χ4n) is 3.49. The van der Waals surface area contributed by atoms with Crippen molar-refractivity contribution in [2.45, 2.75) is 52.4 Å². The van der Waals surface area contributed by atoms with Gasteiger partial charge >= 0.3 is 5.69 Å². The Morgan fingerprint density at radius 3 is 2.66 bits per heavy atom. The van der Waals surface area contributed by atoms with E-state index < -0.39 is 4.92 Å². The van der Waals surface area contributed by atoms with Gasteiger partial charge in [0.1, 0.15) is 0 Å². The first-order chi connectivity index (χ1) is 14.0. The molecule has 1 saturated heterocycles. The molecule has 1 aromatic rings. The first-order valence-electron chi connectivity index (χ1n) is 10.5. The van der Waals surface area contributed by atoms with Crippen LogP contribution in [0.25, 0.3) is 6.08 Å². The fourth-order valence-corrected chi connectivity index (χ4v) is 3.49. The maximum absolute atomic E-state index is 12.3. The van der Waals surface area contributed by atoms with E-state index in [4.69, 9.17) is 9.47 Å². The second-order valence-corrected chi connectivity index (χ2v) is 7.36. The van der Waals surface area contributed by atoms with Crippen molar-refractivity contribution in [2.75, 3.05) is 33.4 Å². The summed E-state index contributed by atoms with van der Waals surface area (Å²) in [6, 6.07) is 3.16. The standard InChI is InChI=1S/C22H32N2O5/c1-4-6-7-8-12-29-22-19(24(26)27)14-17(15-21(22)28-3)13-18-16-23(10-5-2)11-9-20(18)25/h13-15H,4-12,16H2,1-3H3/b18-13+. The third-order valence-electron chi connectivity index (χ3n) is 5.01. The van der Waals surface area contributed by atoms with Crippen LogP contribution in [0.5, 0.6) is 11.5 Å². The van der Waals surface area contributed by atoms with Crippen LogP contribution in [0.15, 0.2) is 17.7 Å². The van der Waals surface area contributed by atoms with Crippen molar-refractivity contribution in [1.82, 2.24) is 4.90 Å². The quantitative estimate of drug-likeness (QED) is 0.231. The topological polar surface area (TPSA) is 81.9 Å². The number of nitro benzene ring substituents is 1. The lowest BCUT2D eigenvalue weighted by atomic mass is 9.99. The number of nitrogens with zero attached hydrogens (tertiary/aromatic N) is 2. The first-order valence-corrected chi connectivity index (χ1v) is 10.5. The van der Waals surface area contributed by atoms with Crippen molar-refractivity contribution in [3.05, 3.63) is 33.4 Å².